The van der Waals surface area contributed by atoms with Gasteiger partial charge in [-0.2, -0.15) is 0 Å². The molecule has 0 aromatic heterocycles. The third-order valence-electron chi connectivity index (χ3n) is 3.63. The van der Waals surface area contributed by atoms with Crippen molar-refractivity contribution in [3.8, 4) is 0 Å². The first-order chi connectivity index (χ1) is 7.82. The average Bonchev–Trinajstić information content (AvgIpc) is 2.12. The lowest BCUT2D eigenvalue weighted by molar-refractivity contribution is -0.0636. The van der Waals surface area contributed by atoms with Gasteiger partial charge in [0.2, 0.25) is 0 Å². The van der Waals surface area contributed by atoms with Gasteiger partial charge in [0, 0.05) is 6.42 Å². The fourth-order valence-corrected chi connectivity index (χ4v) is 3.17. The van der Waals surface area contributed by atoms with Crippen LogP contribution in [-0.4, -0.2) is 18.0 Å². The molecule has 3 heteroatoms. The standard InChI is InChI=1S/C14H28N2O/c1-5-11(7-13(15)16)17-12-6-10(2)8-14(3,4)9-12/h10-12H,5-9H2,1-4H3,(H3,15,16). The van der Waals surface area contributed by atoms with E-state index in [2.05, 4.69) is 27.7 Å². The van der Waals surface area contributed by atoms with E-state index in [-0.39, 0.29) is 11.9 Å². The van der Waals surface area contributed by atoms with E-state index in [9.17, 15) is 0 Å². The Morgan fingerprint density at radius 3 is 2.59 bits per heavy atom. The van der Waals surface area contributed by atoms with Crippen molar-refractivity contribution in [2.75, 3.05) is 0 Å². The number of ether oxygens (including phenoxy) is 1. The molecule has 100 valence electrons. The Kier molecular flexibility index (Phi) is 4.99. The van der Waals surface area contributed by atoms with E-state index in [1.807, 2.05) is 0 Å². The number of hydrogen-bond acceptors (Lipinski definition) is 2. The Labute approximate surface area is 106 Å². The van der Waals surface area contributed by atoms with E-state index in [1.165, 1.54) is 6.42 Å². The van der Waals surface area contributed by atoms with Crippen molar-refractivity contribution in [1.82, 2.24) is 0 Å². The highest BCUT2D eigenvalue weighted by Gasteiger charge is 2.33. The molecule has 0 amide bonds. The zero-order valence-corrected chi connectivity index (χ0v) is 11.8. The minimum atomic E-state index is 0.124. The molecule has 0 heterocycles. The number of nitrogens with two attached hydrogens (primary N) is 1. The molecular formula is C14H28N2O. The van der Waals surface area contributed by atoms with Crippen LogP contribution in [0.2, 0.25) is 0 Å². The summed E-state index contributed by atoms with van der Waals surface area (Å²) in [6.07, 6.45) is 5.55. The summed E-state index contributed by atoms with van der Waals surface area (Å²) in [7, 11) is 0. The number of hydrogen-bond donors (Lipinski definition) is 2. The van der Waals surface area contributed by atoms with Gasteiger partial charge in [0.1, 0.15) is 0 Å². The molecule has 0 aromatic carbocycles. The minimum absolute atomic E-state index is 0.124. The van der Waals surface area contributed by atoms with Crippen LogP contribution in [-0.2, 0) is 4.74 Å². The van der Waals surface area contributed by atoms with Gasteiger partial charge in [-0.1, -0.05) is 27.7 Å². The zero-order chi connectivity index (χ0) is 13.1. The van der Waals surface area contributed by atoms with Gasteiger partial charge in [-0.25, -0.2) is 0 Å². The second-order valence-corrected chi connectivity index (χ2v) is 6.43. The molecule has 1 aliphatic rings. The summed E-state index contributed by atoms with van der Waals surface area (Å²) in [4.78, 5) is 0. The summed E-state index contributed by atoms with van der Waals surface area (Å²) >= 11 is 0. The normalized spacial score (nSPS) is 29.9. The summed E-state index contributed by atoms with van der Waals surface area (Å²) in [5.41, 5.74) is 5.84. The van der Waals surface area contributed by atoms with Crippen molar-refractivity contribution in [2.45, 2.75) is 72.0 Å². The quantitative estimate of drug-likeness (QED) is 0.572. The van der Waals surface area contributed by atoms with Gasteiger partial charge in [-0.05, 0) is 37.0 Å². The molecule has 17 heavy (non-hydrogen) atoms. The van der Waals surface area contributed by atoms with Gasteiger partial charge in [-0.3, -0.25) is 5.41 Å². The van der Waals surface area contributed by atoms with E-state index in [0.29, 0.717) is 17.9 Å². The van der Waals surface area contributed by atoms with Gasteiger partial charge in [0.15, 0.2) is 0 Å². The first kappa shape index (κ1) is 14.5. The van der Waals surface area contributed by atoms with Crippen LogP contribution >= 0.6 is 0 Å². The highest BCUT2D eigenvalue weighted by atomic mass is 16.5. The van der Waals surface area contributed by atoms with Crippen molar-refractivity contribution in [2.24, 2.45) is 17.1 Å². The SMILES string of the molecule is CCC(CC(=N)N)OC1CC(C)CC(C)(C)C1. The Morgan fingerprint density at radius 2 is 2.12 bits per heavy atom. The van der Waals surface area contributed by atoms with Crippen LogP contribution in [0, 0.1) is 16.7 Å². The van der Waals surface area contributed by atoms with E-state index in [0.717, 1.165) is 25.2 Å². The lowest BCUT2D eigenvalue weighted by Crippen LogP contribution is -2.36. The lowest BCUT2D eigenvalue weighted by atomic mass is 9.71. The highest BCUT2D eigenvalue weighted by Crippen LogP contribution is 2.40. The van der Waals surface area contributed by atoms with Crippen LogP contribution in [0.3, 0.4) is 0 Å². The Hall–Kier alpha value is -0.570. The fraction of sp³-hybridized carbons (Fsp3) is 0.929. The monoisotopic (exact) mass is 240 g/mol. The van der Waals surface area contributed by atoms with Gasteiger partial charge >= 0.3 is 0 Å². The molecule has 0 spiro atoms. The smallest absolute Gasteiger partial charge is 0.0931 e. The molecule has 0 saturated heterocycles. The number of rotatable bonds is 5. The Balaban J connectivity index is 2.51. The Morgan fingerprint density at radius 1 is 1.47 bits per heavy atom. The second kappa shape index (κ2) is 5.85. The Bertz CT molecular complexity index is 263. The fourth-order valence-electron chi connectivity index (χ4n) is 3.17. The van der Waals surface area contributed by atoms with Crippen LogP contribution < -0.4 is 5.73 Å². The van der Waals surface area contributed by atoms with E-state index in [1.54, 1.807) is 0 Å². The number of nitrogens with one attached hydrogen (secondary N) is 1. The third-order valence-corrected chi connectivity index (χ3v) is 3.63. The first-order valence-corrected chi connectivity index (χ1v) is 6.80. The molecule has 3 unspecified atom stereocenters. The van der Waals surface area contributed by atoms with Crippen molar-refractivity contribution in [3.63, 3.8) is 0 Å². The van der Waals surface area contributed by atoms with Crippen LogP contribution in [0.25, 0.3) is 0 Å². The van der Waals surface area contributed by atoms with Gasteiger partial charge < -0.3 is 10.5 Å². The summed E-state index contributed by atoms with van der Waals surface area (Å²) < 4.78 is 6.14. The molecule has 3 nitrogen and oxygen atoms in total. The number of amidine groups is 1. The van der Waals surface area contributed by atoms with Crippen molar-refractivity contribution in [3.05, 3.63) is 0 Å². The largest absolute Gasteiger partial charge is 0.388 e. The molecule has 0 radical (unpaired) electrons. The highest BCUT2D eigenvalue weighted by molar-refractivity contribution is 5.77. The molecule has 1 saturated carbocycles. The maximum Gasteiger partial charge on any atom is 0.0931 e. The molecule has 1 fully saturated rings. The lowest BCUT2D eigenvalue weighted by Gasteiger charge is -2.40. The topological polar surface area (TPSA) is 59.1 Å². The average molecular weight is 240 g/mol. The predicted octanol–water partition coefficient (Wildman–Crippen LogP) is 3.32. The molecule has 3 N–H and O–H groups in total. The summed E-state index contributed by atoms with van der Waals surface area (Å²) in [6.45, 7) is 9.06. The maximum absolute atomic E-state index is 7.36. The van der Waals surface area contributed by atoms with Gasteiger partial charge in [-0.15, -0.1) is 0 Å². The van der Waals surface area contributed by atoms with Crippen LogP contribution in [0.15, 0.2) is 0 Å². The molecule has 1 rings (SSSR count). The molecule has 0 aromatic rings. The van der Waals surface area contributed by atoms with Crippen LogP contribution in [0.5, 0.6) is 0 Å². The van der Waals surface area contributed by atoms with Crippen molar-refractivity contribution in [1.29, 1.82) is 5.41 Å². The van der Waals surface area contributed by atoms with Crippen LogP contribution in [0.4, 0.5) is 0 Å². The van der Waals surface area contributed by atoms with E-state index < -0.39 is 0 Å². The van der Waals surface area contributed by atoms with Crippen molar-refractivity contribution >= 4 is 5.84 Å². The zero-order valence-electron chi connectivity index (χ0n) is 11.8. The van der Waals surface area contributed by atoms with Gasteiger partial charge in [0.05, 0.1) is 18.0 Å². The summed E-state index contributed by atoms with van der Waals surface area (Å²) in [5, 5.41) is 7.36. The van der Waals surface area contributed by atoms with Crippen LogP contribution in [0.1, 0.15) is 59.8 Å². The van der Waals surface area contributed by atoms with E-state index in [4.69, 9.17) is 15.9 Å². The third kappa shape index (κ3) is 5.07. The molecule has 3 atom stereocenters. The summed E-state index contributed by atoms with van der Waals surface area (Å²) in [5.74, 6) is 0.971. The first-order valence-electron chi connectivity index (χ1n) is 6.80. The molecule has 1 aliphatic carbocycles. The molecule has 0 aliphatic heterocycles. The van der Waals surface area contributed by atoms with Crippen molar-refractivity contribution < 1.29 is 4.74 Å². The second-order valence-electron chi connectivity index (χ2n) is 6.43. The molecule has 0 bridgehead atoms. The maximum atomic E-state index is 7.36. The molecular weight excluding hydrogens is 212 g/mol. The van der Waals surface area contributed by atoms with E-state index >= 15 is 0 Å². The predicted molar refractivity (Wildman–Crippen MR) is 72.3 cm³/mol. The summed E-state index contributed by atoms with van der Waals surface area (Å²) in [6, 6.07) is 0. The minimum Gasteiger partial charge on any atom is -0.388 e. The van der Waals surface area contributed by atoms with Gasteiger partial charge in [0.25, 0.3) is 0 Å².